The van der Waals surface area contributed by atoms with Crippen LogP contribution in [0.5, 0.6) is 0 Å². The van der Waals surface area contributed by atoms with E-state index in [0.717, 1.165) is 38.2 Å². The van der Waals surface area contributed by atoms with Crippen LogP contribution < -0.4 is 11.1 Å². The maximum atomic E-state index is 11.2. The van der Waals surface area contributed by atoms with Crippen molar-refractivity contribution in [2.24, 2.45) is 5.73 Å². The number of piperidine rings is 1. The molecule has 4 nitrogen and oxygen atoms in total. The first-order chi connectivity index (χ1) is 9.10. The van der Waals surface area contributed by atoms with Crippen LogP contribution >= 0.6 is 11.6 Å². The molecule has 0 saturated carbocycles. The number of anilines is 1. The summed E-state index contributed by atoms with van der Waals surface area (Å²) in [5, 5.41) is 4.05. The molecule has 0 unspecified atom stereocenters. The van der Waals surface area contributed by atoms with Gasteiger partial charge in [-0.15, -0.1) is 0 Å². The van der Waals surface area contributed by atoms with Crippen LogP contribution in [0, 0.1) is 0 Å². The SMILES string of the molecule is CCN1CCC(Nc2cc(C(N)=O)ccc2Cl)CC1. The van der Waals surface area contributed by atoms with Crippen molar-refractivity contribution in [3.63, 3.8) is 0 Å². The molecule has 1 aliphatic rings. The van der Waals surface area contributed by atoms with Crippen molar-refractivity contribution in [2.45, 2.75) is 25.8 Å². The molecule has 0 radical (unpaired) electrons. The molecule has 0 spiro atoms. The zero-order valence-corrected chi connectivity index (χ0v) is 11.9. The highest BCUT2D eigenvalue weighted by molar-refractivity contribution is 6.33. The van der Waals surface area contributed by atoms with Crippen LogP contribution in [0.3, 0.4) is 0 Å². The van der Waals surface area contributed by atoms with Gasteiger partial charge in [-0.2, -0.15) is 0 Å². The maximum absolute atomic E-state index is 11.2. The molecule has 0 aromatic heterocycles. The van der Waals surface area contributed by atoms with Gasteiger partial charge in [-0.05, 0) is 37.6 Å². The van der Waals surface area contributed by atoms with E-state index >= 15 is 0 Å². The Hall–Kier alpha value is -1.26. The Morgan fingerprint density at radius 2 is 2.16 bits per heavy atom. The second kappa shape index (κ2) is 6.26. The van der Waals surface area contributed by atoms with Crippen LogP contribution in [0.1, 0.15) is 30.1 Å². The number of nitrogens with one attached hydrogen (secondary N) is 1. The number of halogens is 1. The summed E-state index contributed by atoms with van der Waals surface area (Å²) in [5.74, 6) is -0.430. The average Bonchev–Trinajstić information content (AvgIpc) is 2.42. The highest BCUT2D eigenvalue weighted by Gasteiger charge is 2.18. The minimum Gasteiger partial charge on any atom is -0.381 e. The fraction of sp³-hybridized carbons (Fsp3) is 0.500. The molecule has 2 rings (SSSR count). The monoisotopic (exact) mass is 281 g/mol. The van der Waals surface area contributed by atoms with Crippen LogP contribution in [0.15, 0.2) is 18.2 Å². The number of carbonyl (C=O) groups is 1. The Kier molecular flexibility index (Phi) is 4.66. The lowest BCUT2D eigenvalue weighted by molar-refractivity contribution is 0.100. The van der Waals surface area contributed by atoms with Gasteiger partial charge in [0.2, 0.25) is 5.91 Å². The lowest BCUT2D eigenvalue weighted by Gasteiger charge is -2.32. The number of likely N-dealkylation sites (tertiary alicyclic amines) is 1. The summed E-state index contributed by atoms with van der Waals surface area (Å²) in [6.45, 7) is 5.48. The number of nitrogens with zero attached hydrogens (tertiary/aromatic N) is 1. The van der Waals surface area contributed by atoms with Crippen molar-refractivity contribution >= 4 is 23.2 Å². The molecule has 19 heavy (non-hydrogen) atoms. The van der Waals surface area contributed by atoms with Gasteiger partial charge in [0.25, 0.3) is 0 Å². The molecule has 1 saturated heterocycles. The van der Waals surface area contributed by atoms with Crippen molar-refractivity contribution in [1.82, 2.24) is 4.90 Å². The number of primary amides is 1. The Balaban J connectivity index is 2.03. The third-order valence-electron chi connectivity index (χ3n) is 3.65. The third kappa shape index (κ3) is 3.61. The predicted molar refractivity (Wildman–Crippen MR) is 78.7 cm³/mol. The smallest absolute Gasteiger partial charge is 0.248 e. The standard InChI is InChI=1S/C14H20ClN3O/c1-2-18-7-5-11(6-8-18)17-13-9-10(14(16)19)3-4-12(13)15/h3-4,9,11,17H,2,5-8H2,1H3,(H2,16,19). The van der Waals surface area contributed by atoms with Gasteiger partial charge in [-0.3, -0.25) is 4.79 Å². The Labute approximate surface area is 118 Å². The van der Waals surface area contributed by atoms with Crippen molar-refractivity contribution in [1.29, 1.82) is 0 Å². The topological polar surface area (TPSA) is 58.4 Å². The molecule has 1 aromatic carbocycles. The number of nitrogens with two attached hydrogens (primary N) is 1. The van der Waals surface area contributed by atoms with Gasteiger partial charge in [0, 0.05) is 24.7 Å². The summed E-state index contributed by atoms with van der Waals surface area (Å²) >= 11 is 6.15. The molecule has 1 aliphatic heterocycles. The second-order valence-corrected chi connectivity index (χ2v) is 5.32. The molecule has 3 N–H and O–H groups in total. The Morgan fingerprint density at radius 3 is 2.74 bits per heavy atom. The number of hydrogen-bond acceptors (Lipinski definition) is 3. The lowest BCUT2D eigenvalue weighted by atomic mass is 10.0. The van der Waals surface area contributed by atoms with E-state index in [4.69, 9.17) is 17.3 Å². The summed E-state index contributed by atoms with van der Waals surface area (Å²) in [4.78, 5) is 13.6. The highest BCUT2D eigenvalue weighted by Crippen LogP contribution is 2.25. The van der Waals surface area contributed by atoms with Gasteiger partial charge < -0.3 is 16.0 Å². The molecule has 0 aliphatic carbocycles. The Morgan fingerprint density at radius 1 is 1.47 bits per heavy atom. The van der Waals surface area contributed by atoms with Gasteiger partial charge in [0.05, 0.1) is 10.7 Å². The first kappa shape index (κ1) is 14.2. The Bertz CT molecular complexity index is 456. The second-order valence-electron chi connectivity index (χ2n) is 4.91. The van der Waals surface area contributed by atoms with E-state index in [0.29, 0.717) is 16.6 Å². The van der Waals surface area contributed by atoms with E-state index in [1.807, 2.05) is 0 Å². The van der Waals surface area contributed by atoms with Gasteiger partial charge in [-0.25, -0.2) is 0 Å². The van der Waals surface area contributed by atoms with Crippen LogP contribution in [0.4, 0.5) is 5.69 Å². The van der Waals surface area contributed by atoms with E-state index < -0.39 is 5.91 Å². The van der Waals surface area contributed by atoms with E-state index in [-0.39, 0.29) is 0 Å². The van der Waals surface area contributed by atoms with Crippen molar-refractivity contribution in [2.75, 3.05) is 25.0 Å². The first-order valence-electron chi connectivity index (χ1n) is 6.68. The predicted octanol–water partition coefficient (Wildman–Crippen LogP) is 2.34. The average molecular weight is 282 g/mol. The molecule has 104 valence electrons. The molecule has 0 atom stereocenters. The van der Waals surface area contributed by atoms with E-state index in [1.165, 1.54) is 0 Å². The van der Waals surface area contributed by atoms with E-state index in [1.54, 1.807) is 18.2 Å². The van der Waals surface area contributed by atoms with Crippen LogP contribution in [0.2, 0.25) is 5.02 Å². The molecular formula is C14H20ClN3O. The van der Waals surface area contributed by atoms with Crippen LogP contribution in [-0.2, 0) is 0 Å². The van der Waals surface area contributed by atoms with Gasteiger partial charge in [0.15, 0.2) is 0 Å². The highest BCUT2D eigenvalue weighted by atomic mass is 35.5. The zero-order valence-electron chi connectivity index (χ0n) is 11.2. The van der Waals surface area contributed by atoms with Crippen molar-refractivity contribution < 1.29 is 4.79 Å². The summed E-state index contributed by atoms with van der Waals surface area (Å²) < 4.78 is 0. The molecule has 1 heterocycles. The molecule has 1 amide bonds. The minimum absolute atomic E-state index is 0.406. The summed E-state index contributed by atoms with van der Waals surface area (Å²) in [7, 11) is 0. The third-order valence-corrected chi connectivity index (χ3v) is 3.97. The number of amides is 1. The fourth-order valence-corrected chi connectivity index (χ4v) is 2.57. The van der Waals surface area contributed by atoms with Crippen LogP contribution in [-0.4, -0.2) is 36.5 Å². The quantitative estimate of drug-likeness (QED) is 0.891. The lowest BCUT2D eigenvalue weighted by Crippen LogP contribution is -2.38. The number of hydrogen-bond donors (Lipinski definition) is 2. The molecule has 1 aromatic rings. The summed E-state index contributed by atoms with van der Waals surface area (Å²) in [6, 6.07) is 5.50. The normalized spacial score (nSPS) is 17.4. The molecular weight excluding hydrogens is 262 g/mol. The fourth-order valence-electron chi connectivity index (χ4n) is 2.40. The van der Waals surface area contributed by atoms with Gasteiger partial charge >= 0.3 is 0 Å². The van der Waals surface area contributed by atoms with Crippen molar-refractivity contribution in [3.8, 4) is 0 Å². The van der Waals surface area contributed by atoms with Gasteiger partial charge in [0.1, 0.15) is 0 Å². The van der Waals surface area contributed by atoms with Gasteiger partial charge in [-0.1, -0.05) is 18.5 Å². The molecule has 5 heteroatoms. The van der Waals surface area contributed by atoms with E-state index in [2.05, 4.69) is 17.1 Å². The molecule has 0 bridgehead atoms. The summed E-state index contributed by atoms with van der Waals surface area (Å²) in [6.07, 6.45) is 2.18. The minimum atomic E-state index is -0.430. The van der Waals surface area contributed by atoms with Crippen molar-refractivity contribution in [3.05, 3.63) is 28.8 Å². The number of carbonyl (C=O) groups excluding carboxylic acids is 1. The summed E-state index contributed by atoms with van der Waals surface area (Å²) in [5.41, 5.74) is 6.57. The number of rotatable bonds is 4. The van der Waals surface area contributed by atoms with Crippen LogP contribution in [0.25, 0.3) is 0 Å². The molecule has 1 fully saturated rings. The largest absolute Gasteiger partial charge is 0.381 e. The first-order valence-corrected chi connectivity index (χ1v) is 7.06. The van der Waals surface area contributed by atoms with E-state index in [9.17, 15) is 4.79 Å². The number of benzene rings is 1. The maximum Gasteiger partial charge on any atom is 0.248 e. The zero-order chi connectivity index (χ0) is 13.8.